The molecule has 4 aromatic heterocycles. The summed E-state index contributed by atoms with van der Waals surface area (Å²) >= 11 is 2.58. The maximum atomic E-state index is 16.6. The number of thiophene rings is 2. The maximum Gasteiger partial charge on any atom is 0.495 e. The Labute approximate surface area is 389 Å². The Hall–Kier alpha value is -6.82. The van der Waals surface area contributed by atoms with Crippen LogP contribution in [0.4, 0.5) is 39.9 Å². The smallest absolute Gasteiger partial charge is 0.465 e. The molecule has 6 heterocycles. The van der Waals surface area contributed by atoms with Crippen LogP contribution < -0.4 is 21.0 Å². The van der Waals surface area contributed by atoms with Gasteiger partial charge in [0.05, 0.1) is 50.3 Å². The number of halogens is 2. The summed E-state index contributed by atoms with van der Waals surface area (Å²) in [7, 11) is 2.83. The van der Waals surface area contributed by atoms with Crippen molar-refractivity contribution in [2.24, 2.45) is 0 Å². The molecule has 0 unspecified atom stereocenters. The Morgan fingerprint density at radius 2 is 1.66 bits per heavy atom. The van der Waals surface area contributed by atoms with Gasteiger partial charge >= 0.3 is 25.4 Å². The highest BCUT2D eigenvalue weighted by Crippen LogP contribution is 2.44. The van der Waals surface area contributed by atoms with Crippen molar-refractivity contribution in [3.8, 4) is 11.1 Å². The zero-order chi connectivity index (χ0) is 48.1. The molecule has 9 rings (SSSR count). The number of amides is 3. The molecule has 0 radical (unpaired) electrons. The SMILES string of the molecule is CC1(C)COB(c2cccc3sc(NC(=O)O)cc23)O1.CN(C)C(=O)c1cc2n(n1)CCCN(c1nc(F)nc3c(F)c(-c4cccc5sc(NC(=O)OC(C)(C)C)cc45)c([N+](=O)[O-])cc13)C2. The average Bonchev–Trinajstić information content (AvgIpc) is 4.01. The number of carbonyl (C=O) groups excluding carboxylic acids is 2. The molecular weight excluding hydrogens is 911 g/mol. The fourth-order valence-electron chi connectivity index (χ4n) is 7.78. The summed E-state index contributed by atoms with van der Waals surface area (Å²) in [4.78, 5) is 58.2. The van der Waals surface area contributed by atoms with Crippen LogP contribution in [0, 0.1) is 22.0 Å². The number of ether oxygens (including phenoxy) is 1. The van der Waals surface area contributed by atoms with Crippen LogP contribution in [0.3, 0.4) is 0 Å². The number of aromatic nitrogens is 4. The third-order valence-corrected chi connectivity index (χ3v) is 12.6. The highest BCUT2D eigenvalue weighted by Gasteiger charge is 2.39. The van der Waals surface area contributed by atoms with Crippen molar-refractivity contribution >= 4 is 106 Å². The highest BCUT2D eigenvalue weighted by atomic mass is 32.1. The van der Waals surface area contributed by atoms with Crippen LogP contribution in [0.2, 0.25) is 0 Å². The van der Waals surface area contributed by atoms with Crippen molar-refractivity contribution in [3.05, 3.63) is 94.1 Å². The van der Waals surface area contributed by atoms with Gasteiger partial charge in [-0.15, -0.1) is 22.7 Å². The number of carbonyl (C=O) groups is 3. The summed E-state index contributed by atoms with van der Waals surface area (Å²) in [6, 6.07) is 16.9. The molecule has 7 aromatic rings. The van der Waals surface area contributed by atoms with Gasteiger partial charge in [0.2, 0.25) is 0 Å². The Morgan fingerprint density at radius 3 is 2.31 bits per heavy atom. The number of carboxylic acid groups (broad SMARTS) is 1. The number of hydrogen-bond donors (Lipinski definition) is 3. The fraction of sp³-hybridized carbons (Fsp3) is 0.318. The lowest BCUT2D eigenvalue weighted by molar-refractivity contribution is -0.384. The van der Waals surface area contributed by atoms with Gasteiger partial charge in [-0.05, 0) is 82.2 Å². The molecule has 1 saturated heterocycles. The van der Waals surface area contributed by atoms with Crippen molar-refractivity contribution < 1.29 is 47.2 Å². The summed E-state index contributed by atoms with van der Waals surface area (Å²) in [5.41, 5.74) is -0.416. The van der Waals surface area contributed by atoms with E-state index in [-0.39, 0.29) is 46.1 Å². The van der Waals surface area contributed by atoms with Gasteiger partial charge in [0.25, 0.3) is 11.6 Å². The van der Waals surface area contributed by atoms with E-state index in [2.05, 4.69) is 25.7 Å². The van der Waals surface area contributed by atoms with E-state index in [1.54, 1.807) is 68.7 Å². The number of aryl methyl sites for hydroxylation is 1. The average molecular weight is 956 g/mol. The normalized spacial score (nSPS) is 14.6. The molecular formula is C44H44BF2N9O9S2. The van der Waals surface area contributed by atoms with Gasteiger partial charge in [-0.3, -0.25) is 30.2 Å². The van der Waals surface area contributed by atoms with Gasteiger partial charge in [-0.2, -0.15) is 19.5 Å². The zero-order valence-corrected chi connectivity index (χ0v) is 38.9. The molecule has 0 saturated carbocycles. The van der Waals surface area contributed by atoms with Crippen molar-refractivity contribution in [1.82, 2.24) is 24.6 Å². The number of nitrogens with one attached hydrogen (secondary N) is 2. The third-order valence-electron chi connectivity index (χ3n) is 10.5. The molecule has 348 valence electrons. The van der Waals surface area contributed by atoms with Crippen LogP contribution in [0.1, 0.15) is 57.2 Å². The minimum absolute atomic E-state index is 0.0197. The van der Waals surface area contributed by atoms with Crippen LogP contribution >= 0.6 is 22.7 Å². The number of nitro groups is 1. The topological polar surface area (TPSA) is 216 Å². The number of nitro benzene ring substituents is 1. The predicted molar refractivity (Wildman–Crippen MR) is 253 cm³/mol. The number of nitrogens with zero attached hydrogens (tertiary/aromatic N) is 7. The summed E-state index contributed by atoms with van der Waals surface area (Å²) in [6.07, 6.45) is -2.43. The predicted octanol–water partition coefficient (Wildman–Crippen LogP) is 8.87. The van der Waals surface area contributed by atoms with Crippen LogP contribution in [-0.2, 0) is 27.1 Å². The van der Waals surface area contributed by atoms with Crippen LogP contribution in [0.25, 0.3) is 42.2 Å². The van der Waals surface area contributed by atoms with E-state index < -0.39 is 52.9 Å². The number of anilines is 3. The minimum Gasteiger partial charge on any atom is -0.465 e. The molecule has 1 fully saturated rings. The summed E-state index contributed by atoms with van der Waals surface area (Å²) in [6.45, 7) is 10.6. The highest BCUT2D eigenvalue weighted by molar-refractivity contribution is 7.23. The molecule has 3 N–H and O–H groups in total. The lowest BCUT2D eigenvalue weighted by Crippen LogP contribution is -2.34. The Bertz CT molecular complexity index is 3120. The number of rotatable bonds is 7. The Morgan fingerprint density at radius 1 is 0.970 bits per heavy atom. The lowest BCUT2D eigenvalue weighted by atomic mass is 9.77. The van der Waals surface area contributed by atoms with E-state index in [1.165, 1.54) is 33.6 Å². The minimum atomic E-state index is -1.20. The van der Waals surface area contributed by atoms with Gasteiger partial charge in [0.15, 0.2) is 11.5 Å². The van der Waals surface area contributed by atoms with Gasteiger partial charge in [-0.1, -0.05) is 24.3 Å². The molecule has 67 heavy (non-hydrogen) atoms. The maximum absolute atomic E-state index is 16.6. The fourth-order valence-corrected chi connectivity index (χ4v) is 9.74. The van der Waals surface area contributed by atoms with Gasteiger partial charge in [0, 0.05) is 53.6 Å². The van der Waals surface area contributed by atoms with Crippen LogP contribution in [-0.4, -0.2) is 98.3 Å². The molecule has 0 aliphatic carbocycles. The molecule has 0 spiro atoms. The van der Waals surface area contributed by atoms with Gasteiger partial charge in [-0.25, -0.2) is 14.0 Å². The van der Waals surface area contributed by atoms with E-state index in [0.717, 1.165) is 21.6 Å². The van der Waals surface area contributed by atoms with E-state index >= 15 is 8.78 Å². The second kappa shape index (κ2) is 18.1. The van der Waals surface area contributed by atoms with Gasteiger partial charge in [0.1, 0.15) is 16.9 Å². The Balaban J connectivity index is 0.000000252. The van der Waals surface area contributed by atoms with E-state index in [1.807, 2.05) is 38.1 Å². The molecule has 18 nitrogen and oxygen atoms in total. The molecule has 2 aliphatic rings. The zero-order valence-electron chi connectivity index (χ0n) is 37.3. The van der Waals surface area contributed by atoms with Crippen molar-refractivity contribution in [2.45, 2.75) is 65.3 Å². The number of fused-ring (bicyclic) bond motifs is 4. The summed E-state index contributed by atoms with van der Waals surface area (Å²) in [5.74, 6) is -1.39. The standard InChI is InChI=1S/C31H30F2N8O5S.C13H14BNO4S/c1-31(2,3)46-30(43)34-23-14-18-17(8-6-9-22(18)47-23)24-21(41(44)45)13-19-26(25(24)32)35-29(33)36-27(19)39-10-7-11-40-16(15-39)12-20(37-40)28(42)38(4)5;1-13(2)7-18-14(19-13)9-4-3-5-10-8(9)6-11(20-10)15-12(16)17/h6,8-9,12-14H,7,10-11,15H2,1-5H3,(H,34,43);3-6,15H,7H2,1-2H3,(H,16,17). The quantitative estimate of drug-likeness (QED) is 0.0590. The molecule has 3 amide bonds. The number of benzene rings is 3. The first-order valence-corrected chi connectivity index (χ1v) is 22.5. The molecule has 23 heteroatoms. The van der Waals surface area contributed by atoms with Crippen LogP contribution in [0.5, 0.6) is 0 Å². The first kappa shape index (κ1) is 46.7. The Kier molecular flexibility index (Phi) is 12.6. The second-order valence-electron chi connectivity index (χ2n) is 17.5. The third kappa shape index (κ3) is 9.99. The van der Waals surface area contributed by atoms with Crippen molar-refractivity contribution in [3.63, 3.8) is 0 Å². The molecule has 3 aromatic carbocycles. The van der Waals surface area contributed by atoms with Gasteiger partial charge < -0.3 is 29.0 Å². The summed E-state index contributed by atoms with van der Waals surface area (Å²) in [5, 5.41) is 33.1. The largest absolute Gasteiger partial charge is 0.495 e. The molecule has 2 aliphatic heterocycles. The lowest BCUT2D eigenvalue weighted by Gasteiger charge is -2.23. The van der Waals surface area contributed by atoms with E-state index in [9.17, 15) is 24.5 Å². The summed E-state index contributed by atoms with van der Waals surface area (Å²) < 4.78 is 51.9. The van der Waals surface area contributed by atoms with Crippen LogP contribution in [0.15, 0.2) is 60.7 Å². The monoisotopic (exact) mass is 955 g/mol. The molecule has 0 atom stereocenters. The van der Waals surface area contributed by atoms with E-state index in [4.69, 9.17) is 19.2 Å². The molecule has 0 bridgehead atoms. The second-order valence-corrected chi connectivity index (χ2v) is 19.7. The first-order chi connectivity index (χ1) is 31.6. The van der Waals surface area contributed by atoms with Crippen molar-refractivity contribution in [2.75, 3.05) is 42.8 Å². The first-order valence-electron chi connectivity index (χ1n) is 20.9. The van der Waals surface area contributed by atoms with E-state index in [0.29, 0.717) is 51.9 Å². The number of hydrogen-bond acceptors (Lipinski definition) is 14. The van der Waals surface area contributed by atoms with Crippen molar-refractivity contribution in [1.29, 1.82) is 0 Å².